The van der Waals surface area contributed by atoms with Crippen molar-refractivity contribution in [1.82, 2.24) is 0 Å². The van der Waals surface area contributed by atoms with E-state index in [0.29, 0.717) is 16.5 Å². The minimum absolute atomic E-state index is 0.0956. The maximum Gasteiger partial charge on any atom is 0.234 e. The zero-order valence-corrected chi connectivity index (χ0v) is 14.0. The van der Waals surface area contributed by atoms with Gasteiger partial charge in [0.15, 0.2) is 11.5 Å². The van der Waals surface area contributed by atoms with E-state index in [1.165, 1.54) is 0 Å². The molecule has 1 aliphatic rings. The van der Waals surface area contributed by atoms with E-state index in [2.05, 4.69) is 5.32 Å². The van der Waals surface area contributed by atoms with Crippen LogP contribution in [0.3, 0.4) is 0 Å². The molecule has 4 nitrogen and oxygen atoms in total. The molecule has 2 aromatic carbocycles. The molecule has 1 aliphatic heterocycles. The number of fused-ring (bicyclic) bond motifs is 1. The van der Waals surface area contributed by atoms with E-state index in [1.807, 2.05) is 51.1 Å². The zero-order chi connectivity index (χ0) is 16.6. The Morgan fingerprint density at radius 2 is 1.87 bits per heavy atom. The Hall–Kier alpha value is -2.20. The summed E-state index contributed by atoms with van der Waals surface area (Å²) in [6.45, 7) is 5.89. The van der Waals surface area contributed by atoms with Crippen LogP contribution >= 0.6 is 11.6 Å². The van der Waals surface area contributed by atoms with Crippen molar-refractivity contribution in [3.05, 3.63) is 52.5 Å². The number of aryl methyl sites for hydroxylation is 1. The normalized spacial score (nSPS) is 13.0. The Kier molecular flexibility index (Phi) is 3.94. The number of amides is 1. The van der Waals surface area contributed by atoms with Crippen molar-refractivity contribution >= 4 is 23.2 Å². The Morgan fingerprint density at radius 1 is 1.13 bits per heavy atom. The highest BCUT2D eigenvalue weighted by Gasteiger charge is 2.31. The number of ether oxygens (including phenoxy) is 2. The smallest absolute Gasteiger partial charge is 0.234 e. The molecule has 120 valence electrons. The number of carbonyl (C=O) groups is 1. The molecule has 0 radical (unpaired) electrons. The summed E-state index contributed by atoms with van der Waals surface area (Å²) in [5, 5.41) is 3.62. The van der Waals surface area contributed by atoms with Crippen LogP contribution in [0.2, 0.25) is 5.02 Å². The van der Waals surface area contributed by atoms with Gasteiger partial charge >= 0.3 is 0 Å². The van der Waals surface area contributed by atoms with Crippen molar-refractivity contribution in [3.8, 4) is 11.5 Å². The van der Waals surface area contributed by atoms with Gasteiger partial charge in [-0.3, -0.25) is 4.79 Å². The van der Waals surface area contributed by atoms with Gasteiger partial charge in [0.1, 0.15) is 0 Å². The highest BCUT2D eigenvalue weighted by atomic mass is 35.5. The predicted octanol–water partition coefficient (Wildman–Crippen LogP) is 4.29. The summed E-state index contributed by atoms with van der Waals surface area (Å²) in [5.41, 5.74) is 1.83. The molecule has 1 heterocycles. The van der Waals surface area contributed by atoms with Gasteiger partial charge in [0.05, 0.1) is 5.41 Å². The second-order valence-electron chi connectivity index (χ2n) is 6.11. The van der Waals surface area contributed by atoms with Crippen LogP contribution in [0.25, 0.3) is 0 Å². The van der Waals surface area contributed by atoms with E-state index in [1.54, 1.807) is 6.07 Å². The van der Waals surface area contributed by atoms with Gasteiger partial charge in [-0.2, -0.15) is 0 Å². The van der Waals surface area contributed by atoms with E-state index in [0.717, 1.165) is 16.8 Å². The van der Waals surface area contributed by atoms with Gasteiger partial charge in [-0.1, -0.05) is 17.7 Å². The van der Waals surface area contributed by atoms with E-state index >= 15 is 0 Å². The van der Waals surface area contributed by atoms with Crippen LogP contribution in [-0.2, 0) is 10.2 Å². The average Bonchev–Trinajstić information content (AvgIpc) is 2.97. The fourth-order valence-electron chi connectivity index (χ4n) is 2.46. The fraction of sp³-hybridized carbons (Fsp3) is 0.278. The molecule has 0 spiro atoms. The van der Waals surface area contributed by atoms with Gasteiger partial charge in [-0.15, -0.1) is 0 Å². The summed E-state index contributed by atoms with van der Waals surface area (Å²) in [7, 11) is 0. The largest absolute Gasteiger partial charge is 0.454 e. The highest BCUT2D eigenvalue weighted by molar-refractivity contribution is 6.30. The molecule has 0 atom stereocenters. The average molecular weight is 332 g/mol. The quantitative estimate of drug-likeness (QED) is 0.912. The Labute approximate surface area is 140 Å². The van der Waals surface area contributed by atoms with Crippen molar-refractivity contribution in [2.24, 2.45) is 0 Å². The fourth-order valence-corrected chi connectivity index (χ4v) is 2.69. The van der Waals surface area contributed by atoms with Crippen molar-refractivity contribution < 1.29 is 14.3 Å². The number of halogens is 1. The van der Waals surface area contributed by atoms with E-state index in [4.69, 9.17) is 21.1 Å². The van der Waals surface area contributed by atoms with Crippen LogP contribution in [0.5, 0.6) is 11.5 Å². The lowest BCUT2D eigenvalue weighted by atomic mass is 9.83. The third kappa shape index (κ3) is 2.99. The van der Waals surface area contributed by atoms with Crippen molar-refractivity contribution in [2.45, 2.75) is 26.2 Å². The van der Waals surface area contributed by atoms with Crippen LogP contribution in [-0.4, -0.2) is 12.7 Å². The maximum atomic E-state index is 12.8. The van der Waals surface area contributed by atoms with Crippen LogP contribution in [0, 0.1) is 6.92 Å². The Morgan fingerprint density at radius 3 is 2.61 bits per heavy atom. The maximum absolute atomic E-state index is 12.8. The number of hydrogen-bond acceptors (Lipinski definition) is 3. The first-order valence-corrected chi connectivity index (χ1v) is 7.73. The first-order valence-electron chi connectivity index (χ1n) is 7.35. The van der Waals surface area contributed by atoms with Gasteiger partial charge in [-0.05, 0) is 62.2 Å². The third-order valence-corrected chi connectivity index (χ3v) is 4.33. The molecule has 23 heavy (non-hydrogen) atoms. The molecule has 2 aromatic rings. The number of carbonyl (C=O) groups excluding carboxylic acids is 1. The lowest BCUT2D eigenvalue weighted by molar-refractivity contribution is -0.120. The molecular formula is C18H18ClNO3. The number of benzene rings is 2. The first-order chi connectivity index (χ1) is 10.9. The molecule has 0 aromatic heterocycles. The summed E-state index contributed by atoms with van der Waals surface area (Å²) in [6, 6.07) is 11.0. The molecule has 1 amide bonds. The lowest BCUT2D eigenvalue weighted by Gasteiger charge is -2.25. The van der Waals surface area contributed by atoms with Crippen LogP contribution in [0.15, 0.2) is 36.4 Å². The summed E-state index contributed by atoms with van der Waals surface area (Å²) in [6.07, 6.45) is 0. The number of nitrogens with one attached hydrogen (secondary N) is 1. The van der Waals surface area contributed by atoms with Crippen molar-refractivity contribution in [2.75, 3.05) is 12.1 Å². The van der Waals surface area contributed by atoms with Crippen molar-refractivity contribution in [1.29, 1.82) is 0 Å². The second kappa shape index (κ2) is 5.78. The molecule has 0 aliphatic carbocycles. The Balaban J connectivity index is 1.85. The number of anilines is 1. The molecule has 0 saturated carbocycles. The summed E-state index contributed by atoms with van der Waals surface area (Å²) < 4.78 is 10.7. The molecule has 0 unspecified atom stereocenters. The number of rotatable bonds is 3. The van der Waals surface area contributed by atoms with E-state index in [9.17, 15) is 4.79 Å². The van der Waals surface area contributed by atoms with Gasteiger partial charge in [0.25, 0.3) is 0 Å². The van der Waals surface area contributed by atoms with Crippen molar-refractivity contribution in [3.63, 3.8) is 0 Å². The van der Waals surface area contributed by atoms with Crippen LogP contribution in [0.1, 0.15) is 25.0 Å². The first kappa shape index (κ1) is 15.7. The number of hydrogen-bond donors (Lipinski definition) is 1. The molecule has 0 bridgehead atoms. The van der Waals surface area contributed by atoms with E-state index in [-0.39, 0.29) is 12.7 Å². The third-order valence-electron chi connectivity index (χ3n) is 4.10. The molecule has 5 heteroatoms. The van der Waals surface area contributed by atoms with Gasteiger partial charge in [0.2, 0.25) is 12.7 Å². The van der Waals surface area contributed by atoms with E-state index < -0.39 is 5.41 Å². The topological polar surface area (TPSA) is 47.6 Å². The summed E-state index contributed by atoms with van der Waals surface area (Å²) in [4.78, 5) is 12.8. The van der Waals surface area contributed by atoms with Gasteiger partial charge in [-0.25, -0.2) is 0 Å². The monoisotopic (exact) mass is 331 g/mol. The lowest BCUT2D eigenvalue weighted by Crippen LogP contribution is -2.34. The molecule has 3 rings (SSSR count). The molecular weight excluding hydrogens is 314 g/mol. The van der Waals surface area contributed by atoms with Gasteiger partial charge in [0, 0.05) is 10.7 Å². The molecule has 1 N–H and O–H groups in total. The SMILES string of the molecule is Cc1cc(Cl)ccc1NC(=O)C(C)(C)c1ccc2c(c1)OCO2. The summed E-state index contributed by atoms with van der Waals surface area (Å²) >= 11 is 5.95. The molecule has 0 fully saturated rings. The second-order valence-corrected chi connectivity index (χ2v) is 6.54. The minimum atomic E-state index is -0.715. The highest BCUT2D eigenvalue weighted by Crippen LogP contribution is 2.37. The minimum Gasteiger partial charge on any atom is -0.454 e. The summed E-state index contributed by atoms with van der Waals surface area (Å²) in [5.74, 6) is 1.28. The zero-order valence-electron chi connectivity index (χ0n) is 13.3. The Bertz CT molecular complexity index is 771. The predicted molar refractivity (Wildman–Crippen MR) is 90.4 cm³/mol. The van der Waals surface area contributed by atoms with Crippen LogP contribution in [0.4, 0.5) is 5.69 Å². The standard InChI is InChI=1S/C18H18ClNO3/c1-11-8-13(19)5-6-14(11)20-17(21)18(2,3)12-4-7-15-16(9-12)23-10-22-15/h4-9H,10H2,1-3H3,(H,20,21). The van der Waals surface area contributed by atoms with Crippen LogP contribution < -0.4 is 14.8 Å². The van der Waals surface area contributed by atoms with Gasteiger partial charge < -0.3 is 14.8 Å². The molecule has 0 saturated heterocycles.